The second-order valence-electron chi connectivity index (χ2n) is 5.78. The van der Waals surface area contributed by atoms with Gasteiger partial charge in [-0.25, -0.2) is 9.18 Å². The van der Waals surface area contributed by atoms with Gasteiger partial charge in [0.15, 0.2) is 0 Å². The lowest BCUT2D eigenvalue weighted by molar-refractivity contribution is -0.144. The summed E-state index contributed by atoms with van der Waals surface area (Å²) in [5.74, 6) is -2.03. The van der Waals surface area contributed by atoms with Crippen LogP contribution < -0.4 is 5.32 Å². The number of hydrogen-bond donors (Lipinski definition) is 2. The van der Waals surface area contributed by atoms with Crippen LogP contribution in [0.15, 0.2) is 24.3 Å². The third-order valence-electron chi connectivity index (χ3n) is 3.98. The Morgan fingerprint density at radius 2 is 2.00 bits per heavy atom. The fourth-order valence-electron chi connectivity index (χ4n) is 2.19. The largest absolute Gasteiger partial charge is 0.480 e. The van der Waals surface area contributed by atoms with Crippen molar-refractivity contribution in [2.45, 2.75) is 46.1 Å². The van der Waals surface area contributed by atoms with Gasteiger partial charge in [-0.1, -0.05) is 39.3 Å². The van der Waals surface area contributed by atoms with Crippen molar-refractivity contribution >= 4 is 11.9 Å². The Morgan fingerprint density at radius 3 is 2.55 bits per heavy atom. The lowest BCUT2D eigenvalue weighted by atomic mass is 9.96. The van der Waals surface area contributed by atoms with Crippen LogP contribution in [0.3, 0.4) is 0 Å². The summed E-state index contributed by atoms with van der Waals surface area (Å²) in [6.45, 7) is 5.45. The molecule has 5 heteroatoms. The van der Waals surface area contributed by atoms with Crippen molar-refractivity contribution < 1.29 is 19.1 Å². The number of hydrogen-bond acceptors (Lipinski definition) is 2. The average Bonchev–Trinajstić information content (AvgIpc) is 2.48. The Bertz CT molecular complexity index is 518. The highest BCUT2D eigenvalue weighted by Crippen LogP contribution is 2.13. The number of carboxylic acid groups (broad SMARTS) is 1. The molecule has 0 aliphatic rings. The minimum Gasteiger partial charge on any atom is -0.480 e. The van der Waals surface area contributed by atoms with Crippen molar-refractivity contribution in [3.63, 3.8) is 0 Å². The number of halogens is 1. The zero-order chi connectivity index (χ0) is 16.7. The third kappa shape index (κ3) is 5.47. The normalized spacial score (nSPS) is 14.9. The van der Waals surface area contributed by atoms with E-state index in [2.05, 4.69) is 5.32 Å². The molecule has 0 heterocycles. The Balaban J connectivity index is 2.55. The maximum absolute atomic E-state index is 13.1. The standard InChI is InChI=1S/C17H24FNO3/c1-4-11(2)15(17(21)22)19-16(20)12(3)8-9-13-6-5-7-14(18)10-13/h5-7,10-12,15H,4,8-9H2,1-3H3,(H,19,20)(H,21,22). The quantitative estimate of drug-likeness (QED) is 0.776. The molecule has 1 amide bonds. The Morgan fingerprint density at radius 1 is 1.32 bits per heavy atom. The Kier molecular flexibility index (Phi) is 7.02. The van der Waals surface area contributed by atoms with E-state index in [4.69, 9.17) is 0 Å². The number of carbonyl (C=O) groups is 2. The minimum absolute atomic E-state index is 0.128. The summed E-state index contributed by atoms with van der Waals surface area (Å²) >= 11 is 0. The SMILES string of the molecule is CCC(C)C(NC(=O)C(C)CCc1cccc(F)c1)C(=O)O. The van der Waals surface area contributed by atoms with Gasteiger partial charge in [-0.3, -0.25) is 4.79 Å². The summed E-state index contributed by atoms with van der Waals surface area (Å²) in [5, 5.41) is 11.8. The molecule has 0 spiro atoms. The average molecular weight is 309 g/mol. The number of nitrogens with one attached hydrogen (secondary N) is 1. The summed E-state index contributed by atoms with van der Waals surface area (Å²) in [6, 6.07) is 5.41. The van der Waals surface area contributed by atoms with Crippen LogP contribution in [0.5, 0.6) is 0 Å². The second-order valence-corrected chi connectivity index (χ2v) is 5.78. The fraction of sp³-hybridized carbons (Fsp3) is 0.529. The molecule has 3 unspecified atom stereocenters. The molecule has 0 aliphatic carbocycles. The predicted molar refractivity (Wildman–Crippen MR) is 82.9 cm³/mol. The van der Waals surface area contributed by atoms with E-state index in [-0.39, 0.29) is 23.6 Å². The van der Waals surface area contributed by atoms with E-state index in [1.54, 1.807) is 19.9 Å². The first-order valence-corrected chi connectivity index (χ1v) is 7.62. The smallest absolute Gasteiger partial charge is 0.326 e. The first-order valence-electron chi connectivity index (χ1n) is 7.62. The van der Waals surface area contributed by atoms with Crippen LogP contribution >= 0.6 is 0 Å². The molecule has 0 saturated heterocycles. The molecule has 1 rings (SSSR count). The molecular formula is C17H24FNO3. The highest BCUT2D eigenvalue weighted by Gasteiger charge is 2.27. The second kappa shape index (κ2) is 8.51. The van der Waals surface area contributed by atoms with E-state index in [0.717, 1.165) is 5.56 Å². The van der Waals surface area contributed by atoms with E-state index >= 15 is 0 Å². The maximum Gasteiger partial charge on any atom is 0.326 e. The van der Waals surface area contributed by atoms with Crippen molar-refractivity contribution in [3.8, 4) is 0 Å². The lowest BCUT2D eigenvalue weighted by Crippen LogP contribution is -2.46. The first kappa shape index (κ1) is 18.1. The maximum atomic E-state index is 13.1. The molecule has 0 aromatic heterocycles. The topological polar surface area (TPSA) is 66.4 Å². The zero-order valence-corrected chi connectivity index (χ0v) is 13.3. The van der Waals surface area contributed by atoms with Crippen LogP contribution in [-0.4, -0.2) is 23.0 Å². The highest BCUT2D eigenvalue weighted by molar-refractivity contribution is 5.84. The molecular weight excluding hydrogens is 285 g/mol. The lowest BCUT2D eigenvalue weighted by Gasteiger charge is -2.22. The fourth-order valence-corrected chi connectivity index (χ4v) is 2.19. The summed E-state index contributed by atoms with van der Waals surface area (Å²) in [6.07, 6.45) is 1.80. The van der Waals surface area contributed by atoms with Crippen LogP contribution in [-0.2, 0) is 16.0 Å². The van der Waals surface area contributed by atoms with E-state index in [1.807, 2.05) is 13.0 Å². The van der Waals surface area contributed by atoms with Gasteiger partial charge in [-0.2, -0.15) is 0 Å². The molecule has 0 saturated carbocycles. The molecule has 0 radical (unpaired) electrons. The van der Waals surface area contributed by atoms with Gasteiger partial charge < -0.3 is 10.4 Å². The monoisotopic (exact) mass is 309 g/mol. The number of aryl methyl sites for hydroxylation is 1. The number of carboxylic acids is 1. The molecule has 0 bridgehead atoms. The van der Waals surface area contributed by atoms with Gasteiger partial charge >= 0.3 is 5.97 Å². The van der Waals surface area contributed by atoms with Crippen molar-refractivity contribution in [2.75, 3.05) is 0 Å². The van der Waals surface area contributed by atoms with Crippen LogP contribution in [0.25, 0.3) is 0 Å². The van der Waals surface area contributed by atoms with E-state index in [0.29, 0.717) is 19.3 Å². The van der Waals surface area contributed by atoms with Gasteiger partial charge in [0.1, 0.15) is 11.9 Å². The number of aliphatic carboxylic acids is 1. The van der Waals surface area contributed by atoms with Gasteiger partial charge in [-0.05, 0) is 36.5 Å². The van der Waals surface area contributed by atoms with Crippen molar-refractivity contribution in [2.24, 2.45) is 11.8 Å². The van der Waals surface area contributed by atoms with Gasteiger partial charge in [0, 0.05) is 5.92 Å². The van der Waals surface area contributed by atoms with Gasteiger partial charge in [-0.15, -0.1) is 0 Å². The number of benzene rings is 1. The molecule has 0 aliphatic heterocycles. The van der Waals surface area contributed by atoms with Gasteiger partial charge in [0.2, 0.25) is 5.91 Å². The third-order valence-corrected chi connectivity index (χ3v) is 3.98. The van der Waals surface area contributed by atoms with Crippen LogP contribution in [0, 0.1) is 17.7 Å². The van der Waals surface area contributed by atoms with Gasteiger partial charge in [0.25, 0.3) is 0 Å². The van der Waals surface area contributed by atoms with E-state index < -0.39 is 12.0 Å². The molecule has 1 aromatic carbocycles. The number of carbonyl (C=O) groups excluding carboxylic acids is 1. The summed E-state index contributed by atoms with van der Waals surface area (Å²) < 4.78 is 13.1. The Hall–Kier alpha value is -1.91. The van der Waals surface area contributed by atoms with E-state index in [9.17, 15) is 19.1 Å². The molecule has 4 nitrogen and oxygen atoms in total. The molecule has 0 fully saturated rings. The molecule has 22 heavy (non-hydrogen) atoms. The minimum atomic E-state index is -1.01. The van der Waals surface area contributed by atoms with Crippen LogP contribution in [0.1, 0.15) is 39.2 Å². The van der Waals surface area contributed by atoms with Crippen LogP contribution in [0.2, 0.25) is 0 Å². The predicted octanol–water partition coefficient (Wildman–Crippen LogP) is 3.01. The Labute approximate surface area is 130 Å². The molecule has 3 atom stereocenters. The molecule has 1 aromatic rings. The van der Waals surface area contributed by atoms with Gasteiger partial charge in [0.05, 0.1) is 0 Å². The molecule has 2 N–H and O–H groups in total. The summed E-state index contributed by atoms with van der Waals surface area (Å²) in [7, 11) is 0. The summed E-state index contributed by atoms with van der Waals surface area (Å²) in [5.41, 5.74) is 0.830. The summed E-state index contributed by atoms with van der Waals surface area (Å²) in [4.78, 5) is 23.3. The molecule has 122 valence electrons. The van der Waals surface area contributed by atoms with Crippen molar-refractivity contribution in [1.29, 1.82) is 0 Å². The van der Waals surface area contributed by atoms with E-state index in [1.165, 1.54) is 12.1 Å². The van der Waals surface area contributed by atoms with Crippen molar-refractivity contribution in [3.05, 3.63) is 35.6 Å². The number of rotatable bonds is 8. The first-order chi connectivity index (χ1) is 10.3. The van der Waals surface area contributed by atoms with Crippen LogP contribution in [0.4, 0.5) is 4.39 Å². The zero-order valence-electron chi connectivity index (χ0n) is 13.3. The number of amides is 1. The van der Waals surface area contributed by atoms with Crippen molar-refractivity contribution in [1.82, 2.24) is 5.32 Å². The highest BCUT2D eigenvalue weighted by atomic mass is 19.1.